The Balaban J connectivity index is 1.65. The van der Waals surface area contributed by atoms with Gasteiger partial charge >= 0.3 is 0 Å². The van der Waals surface area contributed by atoms with Crippen LogP contribution in [0.3, 0.4) is 0 Å². The molecule has 0 spiro atoms. The summed E-state index contributed by atoms with van der Waals surface area (Å²) in [6.45, 7) is 2.41. The summed E-state index contributed by atoms with van der Waals surface area (Å²) in [5.74, 6) is 0.136. The monoisotopic (exact) mass is 329 g/mol. The topological polar surface area (TPSA) is 49.3 Å². The Bertz CT molecular complexity index is 647. The highest BCUT2D eigenvalue weighted by Crippen LogP contribution is 2.46. The lowest BCUT2D eigenvalue weighted by Gasteiger charge is -2.27. The second-order valence-electron chi connectivity index (χ2n) is 6.31. The fraction of sp³-hybridized carbons (Fsp3) is 0.421. The van der Waals surface area contributed by atoms with E-state index in [4.69, 9.17) is 0 Å². The maximum Gasteiger partial charge on any atom is 0.251 e. The van der Waals surface area contributed by atoms with E-state index in [1.165, 1.54) is 5.56 Å². The van der Waals surface area contributed by atoms with Crippen molar-refractivity contribution in [2.75, 3.05) is 6.54 Å². The molecule has 1 aromatic heterocycles. The fourth-order valence-electron chi connectivity index (χ4n) is 2.95. The lowest BCUT2D eigenvalue weighted by atomic mass is 9.95. The zero-order chi connectivity index (χ0) is 16.3. The van der Waals surface area contributed by atoms with Crippen LogP contribution in [0.4, 0.5) is 0 Å². The Morgan fingerprint density at radius 1 is 1.30 bits per heavy atom. The molecule has 1 aliphatic carbocycles. The molecule has 1 saturated carbocycles. The van der Waals surface area contributed by atoms with Crippen LogP contribution >= 0.6 is 11.3 Å². The number of benzene rings is 1. The summed E-state index contributed by atoms with van der Waals surface area (Å²) in [5, 5.41) is 15.9. The molecule has 1 aromatic carbocycles. The number of carbonyl (C=O) groups excluding carboxylic acids is 1. The van der Waals surface area contributed by atoms with Gasteiger partial charge in [0.05, 0.1) is 6.54 Å². The summed E-state index contributed by atoms with van der Waals surface area (Å²) in [5.41, 5.74) is 0.970. The van der Waals surface area contributed by atoms with E-state index >= 15 is 0 Å². The second-order valence-corrected chi connectivity index (χ2v) is 7.25. The lowest BCUT2D eigenvalue weighted by molar-refractivity contribution is 0.0169. The Morgan fingerprint density at radius 3 is 2.61 bits per heavy atom. The van der Waals surface area contributed by atoms with Crippen LogP contribution in [-0.2, 0) is 12.0 Å². The van der Waals surface area contributed by atoms with E-state index in [1.807, 2.05) is 41.8 Å². The number of aryl methyl sites for hydroxylation is 1. The van der Waals surface area contributed by atoms with Crippen molar-refractivity contribution in [1.29, 1.82) is 0 Å². The third-order valence-electron chi connectivity index (χ3n) is 4.47. The van der Waals surface area contributed by atoms with Gasteiger partial charge in [0, 0.05) is 10.4 Å². The SMILES string of the molecule is CCCc1ccc(C(=O)NCC(O)(c2cccs2)C2CC2)cc1. The summed E-state index contributed by atoms with van der Waals surface area (Å²) in [7, 11) is 0. The van der Waals surface area contributed by atoms with Gasteiger partial charge in [-0.3, -0.25) is 4.79 Å². The van der Waals surface area contributed by atoms with Gasteiger partial charge in [-0.15, -0.1) is 11.3 Å². The first-order valence-electron chi connectivity index (χ1n) is 8.27. The first-order valence-corrected chi connectivity index (χ1v) is 9.15. The zero-order valence-electron chi connectivity index (χ0n) is 13.4. The van der Waals surface area contributed by atoms with Crippen LogP contribution in [0.2, 0.25) is 0 Å². The van der Waals surface area contributed by atoms with Crippen LogP contribution in [-0.4, -0.2) is 17.6 Å². The van der Waals surface area contributed by atoms with Crippen LogP contribution in [0, 0.1) is 5.92 Å². The molecule has 1 amide bonds. The molecule has 1 atom stereocenters. The second kappa shape index (κ2) is 6.85. The van der Waals surface area contributed by atoms with E-state index in [1.54, 1.807) is 11.3 Å². The van der Waals surface area contributed by atoms with Crippen LogP contribution < -0.4 is 5.32 Å². The zero-order valence-corrected chi connectivity index (χ0v) is 14.2. The average molecular weight is 329 g/mol. The quantitative estimate of drug-likeness (QED) is 0.813. The first kappa shape index (κ1) is 16.2. The fourth-order valence-corrected chi connectivity index (χ4v) is 3.85. The number of nitrogens with one attached hydrogen (secondary N) is 1. The molecule has 0 saturated heterocycles. The number of rotatable bonds is 7. The molecule has 1 heterocycles. The van der Waals surface area contributed by atoms with E-state index in [9.17, 15) is 9.90 Å². The van der Waals surface area contributed by atoms with Crippen LogP contribution in [0.5, 0.6) is 0 Å². The summed E-state index contributed by atoms with van der Waals surface area (Å²) >= 11 is 1.55. The van der Waals surface area contributed by atoms with Crippen molar-refractivity contribution in [2.45, 2.75) is 38.2 Å². The van der Waals surface area contributed by atoms with Crippen molar-refractivity contribution in [2.24, 2.45) is 5.92 Å². The maximum absolute atomic E-state index is 12.4. The molecule has 1 unspecified atom stereocenters. The van der Waals surface area contributed by atoms with Gasteiger partial charge in [0.2, 0.25) is 0 Å². The third kappa shape index (κ3) is 3.65. The van der Waals surface area contributed by atoms with E-state index in [0.717, 1.165) is 30.6 Å². The van der Waals surface area contributed by atoms with Gasteiger partial charge in [-0.2, -0.15) is 0 Å². The maximum atomic E-state index is 12.4. The molecule has 0 aliphatic heterocycles. The molecule has 23 heavy (non-hydrogen) atoms. The van der Waals surface area contributed by atoms with E-state index in [2.05, 4.69) is 12.2 Å². The van der Waals surface area contributed by atoms with Gasteiger partial charge in [-0.05, 0) is 54.3 Å². The molecule has 4 heteroatoms. The van der Waals surface area contributed by atoms with E-state index in [0.29, 0.717) is 5.56 Å². The predicted octanol–water partition coefficient (Wildman–Crippen LogP) is 3.73. The molecule has 0 radical (unpaired) electrons. The highest BCUT2D eigenvalue weighted by molar-refractivity contribution is 7.10. The Morgan fingerprint density at radius 2 is 2.04 bits per heavy atom. The lowest BCUT2D eigenvalue weighted by Crippen LogP contribution is -2.42. The van der Waals surface area contributed by atoms with E-state index in [-0.39, 0.29) is 18.4 Å². The van der Waals surface area contributed by atoms with Gasteiger partial charge < -0.3 is 10.4 Å². The molecule has 0 bridgehead atoms. The van der Waals surface area contributed by atoms with Gasteiger partial charge in [0.1, 0.15) is 5.60 Å². The first-order chi connectivity index (χ1) is 11.1. The molecule has 1 aliphatic rings. The van der Waals surface area contributed by atoms with Crippen LogP contribution in [0.25, 0.3) is 0 Å². The van der Waals surface area contributed by atoms with Gasteiger partial charge in [0.15, 0.2) is 0 Å². The summed E-state index contributed by atoms with van der Waals surface area (Å²) < 4.78 is 0. The predicted molar refractivity (Wildman–Crippen MR) is 93.7 cm³/mol. The van der Waals surface area contributed by atoms with Crippen LogP contribution in [0.1, 0.15) is 47.0 Å². The number of carbonyl (C=O) groups is 1. The number of amides is 1. The van der Waals surface area contributed by atoms with Gasteiger partial charge in [-0.25, -0.2) is 0 Å². The Labute approximate surface area is 141 Å². The third-order valence-corrected chi connectivity index (χ3v) is 5.51. The largest absolute Gasteiger partial charge is 0.382 e. The smallest absolute Gasteiger partial charge is 0.251 e. The van der Waals surface area contributed by atoms with Crippen molar-refractivity contribution in [3.63, 3.8) is 0 Å². The number of hydrogen-bond donors (Lipinski definition) is 2. The number of aliphatic hydroxyl groups is 1. The average Bonchev–Trinajstić information content (AvgIpc) is 3.28. The summed E-state index contributed by atoms with van der Waals surface area (Å²) in [6.07, 6.45) is 4.18. The summed E-state index contributed by atoms with van der Waals surface area (Å²) in [4.78, 5) is 13.3. The van der Waals surface area contributed by atoms with Crippen molar-refractivity contribution in [3.8, 4) is 0 Å². The number of thiophene rings is 1. The molecular formula is C19H23NO2S. The van der Waals surface area contributed by atoms with Crippen molar-refractivity contribution in [1.82, 2.24) is 5.32 Å². The Kier molecular flexibility index (Phi) is 4.83. The summed E-state index contributed by atoms with van der Waals surface area (Å²) in [6, 6.07) is 11.6. The minimum atomic E-state index is -0.925. The molecule has 2 aromatic rings. The molecule has 2 N–H and O–H groups in total. The van der Waals surface area contributed by atoms with Crippen LogP contribution in [0.15, 0.2) is 41.8 Å². The molecule has 1 fully saturated rings. The van der Waals surface area contributed by atoms with E-state index < -0.39 is 5.60 Å². The molecule has 122 valence electrons. The molecule has 3 nitrogen and oxygen atoms in total. The minimum absolute atomic E-state index is 0.122. The molecule has 3 rings (SSSR count). The highest BCUT2D eigenvalue weighted by Gasteiger charge is 2.45. The van der Waals surface area contributed by atoms with Crippen molar-refractivity contribution >= 4 is 17.2 Å². The normalized spacial score (nSPS) is 16.8. The number of hydrogen-bond acceptors (Lipinski definition) is 3. The minimum Gasteiger partial charge on any atom is -0.382 e. The van der Waals surface area contributed by atoms with Crippen molar-refractivity contribution in [3.05, 3.63) is 57.8 Å². The van der Waals surface area contributed by atoms with Gasteiger partial charge in [-0.1, -0.05) is 31.5 Å². The van der Waals surface area contributed by atoms with Crippen molar-refractivity contribution < 1.29 is 9.90 Å². The van der Waals surface area contributed by atoms with Gasteiger partial charge in [0.25, 0.3) is 5.91 Å². The molecular weight excluding hydrogens is 306 g/mol. The highest BCUT2D eigenvalue weighted by atomic mass is 32.1. The standard InChI is InChI=1S/C19H23NO2S/c1-2-4-14-6-8-15(9-7-14)18(21)20-13-19(22,16-10-11-16)17-5-3-12-23-17/h3,5-9,12,16,22H,2,4,10-11,13H2,1H3,(H,20,21). The Hall–Kier alpha value is -1.65.